The Labute approximate surface area is 223 Å². The van der Waals surface area contributed by atoms with Gasteiger partial charge in [-0.3, -0.25) is 19.2 Å². The molecule has 0 radical (unpaired) electrons. The van der Waals surface area contributed by atoms with Crippen molar-refractivity contribution in [1.29, 1.82) is 0 Å². The van der Waals surface area contributed by atoms with Crippen LogP contribution in [0.4, 0.5) is 0 Å². The number of H-pyrrole nitrogens is 2. The third kappa shape index (κ3) is 6.61. The Morgan fingerprint density at radius 2 is 1.31 bits per heavy atom. The smallest absolute Gasteiger partial charge is 0.322 e. The van der Waals surface area contributed by atoms with E-state index >= 15 is 0 Å². The highest BCUT2D eigenvalue weighted by molar-refractivity contribution is 5.95. The molecule has 39 heavy (non-hydrogen) atoms. The molecule has 12 heteroatoms. The first kappa shape index (κ1) is 27.4. The number of para-hydroxylation sites is 2. The molecule has 204 valence electrons. The van der Waals surface area contributed by atoms with Gasteiger partial charge in [-0.05, 0) is 29.7 Å². The van der Waals surface area contributed by atoms with Gasteiger partial charge in [-0.2, -0.15) is 0 Å². The van der Waals surface area contributed by atoms with Crippen LogP contribution in [0.1, 0.15) is 11.1 Å². The second-order valence-corrected chi connectivity index (χ2v) is 9.15. The third-order valence-corrected chi connectivity index (χ3v) is 6.41. The van der Waals surface area contributed by atoms with Crippen LogP contribution < -0.4 is 21.7 Å². The number of nitrogens with one attached hydrogen (secondary N) is 5. The number of carboxylic acid groups (broad SMARTS) is 1. The number of nitrogens with two attached hydrogens (primary N) is 1. The molecule has 3 amide bonds. The van der Waals surface area contributed by atoms with Gasteiger partial charge in [0.1, 0.15) is 18.6 Å². The van der Waals surface area contributed by atoms with Gasteiger partial charge in [0.05, 0.1) is 12.6 Å². The van der Waals surface area contributed by atoms with E-state index in [9.17, 15) is 24.3 Å². The molecule has 4 rings (SSSR count). The van der Waals surface area contributed by atoms with Gasteiger partial charge in [0.15, 0.2) is 0 Å². The minimum absolute atomic E-state index is 0.0351. The lowest BCUT2D eigenvalue weighted by Gasteiger charge is -2.23. The van der Waals surface area contributed by atoms with Gasteiger partial charge in [-0.25, -0.2) is 0 Å². The number of aliphatic carboxylic acids is 1. The summed E-state index contributed by atoms with van der Waals surface area (Å²) in [4.78, 5) is 55.8. The number of hydrogen-bond donors (Lipinski definition) is 8. The number of benzene rings is 2. The molecule has 0 aliphatic rings. The third-order valence-electron chi connectivity index (χ3n) is 6.41. The Bertz CT molecular complexity index is 1490. The number of carboxylic acids is 1. The number of aromatic amines is 2. The molecule has 0 saturated carbocycles. The highest BCUT2D eigenvalue weighted by Gasteiger charge is 2.29. The van der Waals surface area contributed by atoms with Crippen molar-refractivity contribution >= 4 is 45.5 Å². The molecule has 12 nitrogen and oxygen atoms in total. The molecule has 3 unspecified atom stereocenters. The molecule has 4 aromatic rings. The Kier molecular flexibility index (Phi) is 8.59. The largest absolute Gasteiger partial charge is 0.480 e. The lowest BCUT2D eigenvalue weighted by atomic mass is 10.0. The number of carbonyl (C=O) groups excluding carboxylic acids is 3. The zero-order chi connectivity index (χ0) is 27.9. The molecule has 2 aromatic carbocycles. The SMILES string of the molecule is NC(Cc1c[nH]c2ccccc12)C(=O)NC(CO)C(=O)NC(Cc1c[nH]c2ccccc12)C(=O)NCC(=O)O. The van der Waals surface area contributed by atoms with Crippen LogP contribution in [0.5, 0.6) is 0 Å². The van der Waals surface area contributed by atoms with Crippen LogP contribution in [0.2, 0.25) is 0 Å². The minimum Gasteiger partial charge on any atom is -0.480 e. The summed E-state index contributed by atoms with van der Waals surface area (Å²) in [5.41, 5.74) is 9.37. The van der Waals surface area contributed by atoms with Crippen molar-refractivity contribution in [2.75, 3.05) is 13.2 Å². The average molecular weight is 535 g/mol. The Morgan fingerprint density at radius 1 is 0.769 bits per heavy atom. The summed E-state index contributed by atoms with van der Waals surface area (Å²) in [5, 5.41) is 27.8. The second-order valence-electron chi connectivity index (χ2n) is 9.15. The fraction of sp³-hybridized carbons (Fsp3) is 0.259. The van der Waals surface area contributed by atoms with E-state index in [0.717, 1.165) is 27.4 Å². The van der Waals surface area contributed by atoms with Crippen LogP contribution in [0.3, 0.4) is 0 Å². The average Bonchev–Trinajstić information content (AvgIpc) is 3.53. The summed E-state index contributed by atoms with van der Waals surface area (Å²) in [6.45, 7) is -1.38. The van der Waals surface area contributed by atoms with Crippen molar-refractivity contribution in [3.63, 3.8) is 0 Å². The fourth-order valence-electron chi connectivity index (χ4n) is 4.39. The van der Waals surface area contributed by atoms with Crippen molar-refractivity contribution < 1.29 is 29.4 Å². The van der Waals surface area contributed by atoms with Crippen molar-refractivity contribution in [3.8, 4) is 0 Å². The summed E-state index contributed by atoms with van der Waals surface area (Å²) < 4.78 is 0. The van der Waals surface area contributed by atoms with Gasteiger partial charge >= 0.3 is 5.97 Å². The van der Waals surface area contributed by atoms with Crippen LogP contribution >= 0.6 is 0 Å². The van der Waals surface area contributed by atoms with Gasteiger partial charge in [0, 0.05) is 40.6 Å². The predicted molar refractivity (Wildman–Crippen MR) is 144 cm³/mol. The van der Waals surface area contributed by atoms with Gasteiger partial charge in [0.2, 0.25) is 17.7 Å². The fourth-order valence-corrected chi connectivity index (χ4v) is 4.39. The second kappa shape index (κ2) is 12.2. The first-order valence-electron chi connectivity index (χ1n) is 12.3. The summed E-state index contributed by atoms with van der Waals surface area (Å²) >= 11 is 0. The van der Waals surface area contributed by atoms with Crippen LogP contribution in [0.15, 0.2) is 60.9 Å². The topological polar surface area (TPSA) is 202 Å². The summed E-state index contributed by atoms with van der Waals surface area (Å²) in [6, 6.07) is 11.4. The monoisotopic (exact) mass is 534 g/mol. The van der Waals surface area contributed by atoms with Crippen LogP contribution in [-0.2, 0) is 32.0 Å². The lowest BCUT2D eigenvalue weighted by molar-refractivity contribution is -0.138. The molecule has 0 aliphatic heterocycles. The van der Waals surface area contributed by atoms with Crippen LogP contribution in [-0.4, -0.2) is 75.1 Å². The number of hydrogen-bond acceptors (Lipinski definition) is 6. The van der Waals surface area contributed by atoms with E-state index in [2.05, 4.69) is 25.9 Å². The van der Waals surface area contributed by atoms with Crippen molar-refractivity contribution in [2.24, 2.45) is 5.73 Å². The van der Waals surface area contributed by atoms with E-state index in [-0.39, 0.29) is 12.8 Å². The van der Waals surface area contributed by atoms with Gasteiger partial charge in [0.25, 0.3) is 0 Å². The first-order valence-corrected chi connectivity index (χ1v) is 12.3. The van der Waals surface area contributed by atoms with Crippen molar-refractivity contribution in [1.82, 2.24) is 25.9 Å². The molecule has 3 atom stereocenters. The van der Waals surface area contributed by atoms with Crippen LogP contribution in [0.25, 0.3) is 21.8 Å². The quantitative estimate of drug-likeness (QED) is 0.124. The normalized spacial score (nSPS) is 13.5. The number of amides is 3. The maximum absolute atomic E-state index is 13.0. The highest BCUT2D eigenvalue weighted by atomic mass is 16.4. The molecule has 2 aromatic heterocycles. The van der Waals surface area contributed by atoms with E-state index in [1.165, 1.54) is 0 Å². The minimum atomic E-state index is -1.38. The summed E-state index contributed by atoms with van der Waals surface area (Å²) in [6.07, 6.45) is 3.69. The molecule has 2 heterocycles. The van der Waals surface area contributed by atoms with Crippen molar-refractivity contribution in [3.05, 3.63) is 72.1 Å². The zero-order valence-corrected chi connectivity index (χ0v) is 20.9. The maximum Gasteiger partial charge on any atom is 0.322 e. The number of aromatic nitrogens is 2. The van der Waals surface area contributed by atoms with Crippen LogP contribution in [0, 0.1) is 0 Å². The van der Waals surface area contributed by atoms with E-state index in [1.807, 2.05) is 48.5 Å². The van der Waals surface area contributed by atoms with Crippen molar-refractivity contribution in [2.45, 2.75) is 31.0 Å². The molecule has 9 N–H and O–H groups in total. The Balaban J connectivity index is 1.43. The molecule has 0 saturated heterocycles. The first-order chi connectivity index (χ1) is 18.8. The zero-order valence-electron chi connectivity index (χ0n) is 20.9. The number of fused-ring (bicyclic) bond motifs is 2. The van der Waals surface area contributed by atoms with Gasteiger partial charge in [-0.1, -0.05) is 36.4 Å². The molecule has 0 spiro atoms. The van der Waals surface area contributed by atoms with E-state index in [4.69, 9.17) is 10.8 Å². The molecule has 0 bridgehead atoms. The Morgan fingerprint density at radius 3 is 1.87 bits per heavy atom. The summed E-state index contributed by atoms with van der Waals surface area (Å²) in [7, 11) is 0. The van der Waals surface area contributed by atoms with E-state index in [1.54, 1.807) is 12.4 Å². The van der Waals surface area contributed by atoms with E-state index in [0.29, 0.717) is 5.56 Å². The molecular weight excluding hydrogens is 504 g/mol. The number of carbonyl (C=O) groups is 4. The number of rotatable bonds is 12. The summed E-state index contributed by atoms with van der Waals surface area (Å²) in [5.74, 6) is -3.45. The number of aliphatic hydroxyl groups is 1. The predicted octanol–water partition coefficient (Wildman–Crippen LogP) is -0.0756. The molecule has 0 aliphatic carbocycles. The molecule has 0 fully saturated rings. The lowest BCUT2D eigenvalue weighted by Crippen LogP contribution is -2.57. The van der Waals surface area contributed by atoms with Gasteiger partial charge < -0.3 is 41.9 Å². The molecular formula is C27H30N6O6. The standard InChI is InChI=1S/C27H30N6O6/c28-19(9-15-11-29-20-7-3-1-5-17(15)20)25(37)33-23(14-34)27(39)32-22(26(38)31-13-24(35)36)10-16-12-30-21-8-4-2-6-18(16)21/h1-8,11-12,19,22-23,29-30,34H,9-10,13-14,28H2,(H,31,38)(H,32,39)(H,33,37)(H,35,36). The number of aliphatic hydroxyl groups excluding tert-OH is 1. The Hall–Kier alpha value is -4.68. The maximum atomic E-state index is 13.0. The van der Waals surface area contributed by atoms with Gasteiger partial charge in [-0.15, -0.1) is 0 Å². The van der Waals surface area contributed by atoms with E-state index < -0.39 is 55.0 Å². The highest BCUT2D eigenvalue weighted by Crippen LogP contribution is 2.20.